The molecule has 0 bridgehead atoms. The van der Waals surface area contributed by atoms with Gasteiger partial charge in [0, 0.05) is 22.2 Å². The van der Waals surface area contributed by atoms with E-state index in [-0.39, 0.29) is 6.54 Å². The molecule has 0 aliphatic rings. The highest BCUT2D eigenvalue weighted by atomic mass is 35.5. The van der Waals surface area contributed by atoms with Gasteiger partial charge < -0.3 is 10.4 Å². The number of benzene rings is 2. The topological polar surface area (TPSA) is 56.0 Å². The van der Waals surface area contributed by atoms with E-state index in [9.17, 15) is 5.11 Å². The van der Waals surface area contributed by atoms with Crippen molar-refractivity contribution in [3.63, 3.8) is 0 Å². The molecule has 0 heterocycles. The summed E-state index contributed by atoms with van der Waals surface area (Å²) in [6.07, 6.45) is -0.849. The standard InChI is InChI=1S/C15H11Cl3N2O/c16-10-2-4-12(17)11(6-10)15(21)8-20-14-5-9(7-19)1-3-13(14)18/h1-6,15,20-21H,8H2. The molecule has 0 saturated heterocycles. The van der Waals surface area contributed by atoms with Gasteiger partial charge in [-0.1, -0.05) is 34.8 Å². The molecule has 21 heavy (non-hydrogen) atoms. The molecular formula is C15H11Cl3N2O. The van der Waals surface area contributed by atoms with Crippen molar-refractivity contribution >= 4 is 40.5 Å². The van der Waals surface area contributed by atoms with Crippen LogP contribution in [-0.2, 0) is 0 Å². The summed E-state index contributed by atoms with van der Waals surface area (Å²) >= 11 is 18.0. The van der Waals surface area contributed by atoms with Crippen LogP contribution in [0.5, 0.6) is 0 Å². The highest BCUT2D eigenvalue weighted by Crippen LogP contribution is 2.28. The van der Waals surface area contributed by atoms with Crippen LogP contribution in [0.25, 0.3) is 0 Å². The molecule has 2 N–H and O–H groups in total. The largest absolute Gasteiger partial charge is 0.387 e. The SMILES string of the molecule is N#Cc1ccc(Cl)c(NCC(O)c2cc(Cl)ccc2Cl)c1. The maximum atomic E-state index is 10.2. The van der Waals surface area contributed by atoms with E-state index in [0.717, 1.165) is 0 Å². The minimum atomic E-state index is -0.849. The van der Waals surface area contributed by atoms with Gasteiger partial charge in [0.25, 0.3) is 0 Å². The highest BCUT2D eigenvalue weighted by Gasteiger charge is 2.13. The van der Waals surface area contributed by atoms with Crippen molar-refractivity contribution < 1.29 is 5.11 Å². The van der Waals surface area contributed by atoms with Gasteiger partial charge in [0.05, 0.1) is 28.4 Å². The van der Waals surface area contributed by atoms with Crippen molar-refractivity contribution in [3.8, 4) is 6.07 Å². The fourth-order valence-corrected chi connectivity index (χ4v) is 2.43. The Labute approximate surface area is 137 Å². The van der Waals surface area contributed by atoms with E-state index in [1.54, 1.807) is 36.4 Å². The summed E-state index contributed by atoms with van der Waals surface area (Å²) in [6, 6.07) is 11.8. The first-order valence-corrected chi connectivity index (χ1v) is 7.21. The maximum absolute atomic E-state index is 10.2. The molecule has 2 aromatic rings. The van der Waals surface area contributed by atoms with Crippen LogP contribution in [0.4, 0.5) is 5.69 Å². The van der Waals surface area contributed by atoms with Crippen LogP contribution >= 0.6 is 34.8 Å². The first kappa shape index (κ1) is 15.9. The quantitative estimate of drug-likeness (QED) is 0.850. The third-order valence-corrected chi connectivity index (χ3v) is 3.81. The van der Waals surface area contributed by atoms with Gasteiger partial charge in [-0.2, -0.15) is 5.26 Å². The van der Waals surface area contributed by atoms with Gasteiger partial charge >= 0.3 is 0 Å². The first-order chi connectivity index (χ1) is 10.0. The molecule has 0 aliphatic carbocycles. The van der Waals surface area contributed by atoms with Gasteiger partial charge in [-0.3, -0.25) is 0 Å². The van der Waals surface area contributed by atoms with Crippen LogP contribution < -0.4 is 5.32 Å². The molecule has 0 amide bonds. The number of rotatable bonds is 4. The lowest BCUT2D eigenvalue weighted by molar-refractivity contribution is 0.192. The van der Waals surface area contributed by atoms with Gasteiger partial charge in [0.1, 0.15) is 0 Å². The lowest BCUT2D eigenvalue weighted by Crippen LogP contribution is -2.13. The maximum Gasteiger partial charge on any atom is 0.0992 e. The van der Waals surface area contributed by atoms with Crippen LogP contribution in [0.1, 0.15) is 17.2 Å². The van der Waals surface area contributed by atoms with Crippen molar-refractivity contribution in [2.75, 3.05) is 11.9 Å². The number of nitrogens with one attached hydrogen (secondary N) is 1. The third kappa shape index (κ3) is 4.03. The van der Waals surface area contributed by atoms with Crippen molar-refractivity contribution in [1.29, 1.82) is 5.26 Å². The van der Waals surface area contributed by atoms with Crippen molar-refractivity contribution in [1.82, 2.24) is 0 Å². The summed E-state index contributed by atoms with van der Waals surface area (Å²) in [6.45, 7) is 0.189. The Bertz CT molecular complexity index is 698. The molecule has 2 rings (SSSR count). The number of aliphatic hydroxyl groups is 1. The Morgan fingerprint density at radius 1 is 1.10 bits per heavy atom. The predicted octanol–water partition coefficient (Wildman–Crippen LogP) is 4.66. The second-order valence-corrected chi connectivity index (χ2v) is 5.62. The van der Waals surface area contributed by atoms with Gasteiger partial charge in [-0.25, -0.2) is 0 Å². The van der Waals surface area contributed by atoms with Gasteiger partial charge in [-0.15, -0.1) is 0 Å². The van der Waals surface area contributed by atoms with Crippen LogP contribution in [0.2, 0.25) is 15.1 Å². The number of hydrogen-bond donors (Lipinski definition) is 2. The normalized spacial score (nSPS) is 11.8. The molecule has 3 nitrogen and oxygen atoms in total. The number of nitriles is 1. The van der Waals surface area contributed by atoms with Crippen molar-refractivity contribution in [3.05, 3.63) is 62.6 Å². The molecular weight excluding hydrogens is 331 g/mol. The smallest absolute Gasteiger partial charge is 0.0992 e. The molecule has 0 aliphatic heterocycles. The Balaban J connectivity index is 2.13. The average molecular weight is 342 g/mol. The molecule has 0 fully saturated rings. The van der Waals surface area contributed by atoms with E-state index < -0.39 is 6.10 Å². The van der Waals surface area contributed by atoms with Gasteiger partial charge in [0.2, 0.25) is 0 Å². The summed E-state index contributed by atoms with van der Waals surface area (Å²) in [5, 5.41) is 23.5. The molecule has 1 atom stereocenters. The van der Waals surface area contributed by atoms with Gasteiger partial charge in [-0.05, 0) is 36.4 Å². The van der Waals surface area contributed by atoms with Crippen LogP contribution in [0.15, 0.2) is 36.4 Å². The summed E-state index contributed by atoms with van der Waals surface area (Å²) < 4.78 is 0. The molecule has 0 saturated carbocycles. The van der Waals surface area contributed by atoms with Gasteiger partial charge in [0.15, 0.2) is 0 Å². The van der Waals surface area contributed by atoms with Crippen molar-refractivity contribution in [2.45, 2.75) is 6.10 Å². The van der Waals surface area contributed by atoms with Crippen LogP contribution in [-0.4, -0.2) is 11.7 Å². The van der Waals surface area contributed by atoms with E-state index in [4.69, 9.17) is 40.1 Å². The Hall–Kier alpha value is -1.44. The molecule has 2 aromatic carbocycles. The first-order valence-electron chi connectivity index (χ1n) is 6.08. The lowest BCUT2D eigenvalue weighted by atomic mass is 10.1. The monoisotopic (exact) mass is 340 g/mol. The second-order valence-electron chi connectivity index (χ2n) is 4.37. The van der Waals surface area contributed by atoms with Crippen LogP contribution in [0, 0.1) is 11.3 Å². The minimum Gasteiger partial charge on any atom is -0.387 e. The molecule has 1 unspecified atom stereocenters. The minimum absolute atomic E-state index is 0.189. The second kappa shape index (κ2) is 7.02. The van der Waals surface area contributed by atoms with E-state index in [2.05, 4.69) is 5.32 Å². The van der Waals surface area contributed by atoms with Crippen LogP contribution in [0.3, 0.4) is 0 Å². The average Bonchev–Trinajstić information content (AvgIpc) is 2.48. The molecule has 0 radical (unpaired) electrons. The molecule has 0 aromatic heterocycles. The molecule has 0 spiro atoms. The molecule has 108 valence electrons. The zero-order chi connectivity index (χ0) is 15.4. The Morgan fingerprint density at radius 3 is 2.52 bits per heavy atom. The summed E-state index contributed by atoms with van der Waals surface area (Å²) in [7, 11) is 0. The zero-order valence-electron chi connectivity index (χ0n) is 10.8. The number of nitrogens with zero attached hydrogens (tertiary/aromatic N) is 1. The number of anilines is 1. The number of hydrogen-bond acceptors (Lipinski definition) is 3. The van der Waals surface area contributed by atoms with E-state index in [1.165, 1.54) is 0 Å². The highest BCUT2D eigenvalue weighted by molar-refractivity contribution is 6.34. The van der Waals surface area contributed by atoms with E-state index in [0.29, 0.717) is 31.9 Å². The Morgan fingerprint density at radius 2 is 1.81 bits per heavy atom. The summed E-state index contributed by atoms with van der Waals surface area (Å²) in [4.78, 5) is 0. The third-order valence-electron chi connectivity index (χ3n) is 2.90. The fourth-order valence-electron chi connectivity index (χ4n) is 1.82. The Kier molecular flexibility index (Phi) is 5.33. The lowest BCUT2D eigenvalue weighted by Gasteiger charge is -2.15. The fraction of sp³-hybridized carbons (Fsp3) is 0.133. The number of aliphatic hydroxyl groups excluding tert-OH is 1. The number of halogens is 3. The van der Waals surface area contributed by atoms with Crippen molar-refractivity contribution in [2.24, 2.45) is 0 Å². The predicted molar refractivity (Wildman–Crippen MR) is 86.1 cm³/mol. The summed E-state index contributed by atoms with van der Waals surface area (Å²) in [5.41, 5.74) is 1.59. The van der Waals surface area contributed by atoms with E-state index >= 15 is 0 Å². The summed E-state index contributed by atoms with van der Waals surface area (Å²) in [5.74, 6) is 0. The zero-order valence-corrected chi connectivity index (χ0v) is 13.0. The molecule has 6 heteroatoms. The van der Waals surface area contributed by atoms with E-state index in [1.807, 2.05) is 6.07 Å².